The van der Waals surface area contributed by atoms with Gasteiger partial charge in [-0.15, -0.1) is 0 Å². The van der Waals surface area contributed by atoms with Crippen LogP contribution in [0.5, 0.6) is 0 Å². The largest absolute Gasteiger partial charge is 0.321 e. The molecular weight excluding hydrogens is 220 g/mol. The molecule has 0 aromatic carbocycles. The topological polar surface area (TPSA) is 38.9 Å². The van der Waals surface area contributed by atoms with Crippen LogP contribution in [-0.4, -0.2) is 4.98 Å². The molecule has 0 spiro atoms. The van der Waals surface area contributed by atoms with Gasteiger partial charge in [0.2, 0.25) is 0 Å². The Balaban J connectivity index is 2.13. The van der Waals surface area contributed by atoms with Crippen LogP contribution in [0.2, 0.25) is 0 Å². The number of hydrogen-bond donors (Lipinski definition) is 1. The Hall–Kier alpha value is -0.890. The maximum absolute atomic E-state index is 7.04. The van der Waals surface area contributed by atoms with E-state index in [9.17, 15) is 0 Å². The average molecular weight is 244 g/mol. The Bertz CT molecular complexity index is 424. The summed E-state index contributed by atoms with van der Waals surface area (Å²) in [5.41, 5.74) is 8.53. The van der Waals surface area contributed by atoms with Gasteiger partial charge in [-0.3, -0.25) is 4.98 Å². The minimum absolute atomic E-state index is 0.123. The van der Waals surface area contributed by atoms with Crippen LogP contribution in [0.1, 0.15) is 51.5 Å². The lowest BCUT2D eigenvalue weighted by atomic mass is 9.56. The molecule has 0 amide bonds. The van der Waals surface area contributed by atoms with Crippen molar-refractivity contribution in [3.05, 3.63) is 30.1 Å². The Morgan fingerprint density at radius 3 is 2.39 bits per heavy atom. The van der Waals surface area contributed by atoms with E-state index in [0.717, 1.165) is 5.92 Å². The maximum atomic E-state index is 7.04. The highest BCUT2D eigenvalue weighted by Crippen LogP contribution is 2.67. The predicted molar refractivity (Wildman–Crippen MR) is 73.9 cm³/mol. The zero-order valence-electron chi connectivity index (χ0n) is 11.5. The molecule has 1 unspecified atom stereocenters. The maximum Gasteiger partial charge on any atom is 0.0498 e. The third-order valence-corrected chi connectivity index (χ3v) is 6.10. The van der Waals surface area contributed by atoms with Gasteiger partial charge in [0.1, 0.15) is 0 Å². The van der Waals surface area contributed by atoms with Crippen LogP contribution >= 0.6 is 0 Å². The third kappa shape index (κ3) is 1.25. The third-order valence-electron chi connectivity index (χ3n) is 6.10. The molecule has 0 aliphatic heterocycles. The molecule has 18 heavy (non-hydrogen) atoms. The lowest BCUT2D eigenvalue weighted by Gasteiger charge is -2.51. The molecule has 2 heteroatoms. The number of hydrogen-bond acceptors (Lipinski definition) is 2. The average Bonchev–Trinajstić information content (AvgIpc) is 2.99. The van der Waals surface area contributed by atoms with Gasteiger partial charge in [0.25, 0.3) is 0 Å². The Kier molecular flexibility index (Phi) is 2.74. The molecule has 1 aromatic rings. The SMILES string of the molecule is CCC1(CC)[C@H]2CCC(C2)[C@]1(N)c1ccncc1. The molecule has 2 fully saturated rings. The van der Waals surface area contributed by atoms with Crippen LogP contribution in [0.15, 0.2) is 24.5 Å². The van der Waals surface area contributed by atoms with E-state index in [0.29, 0.717) is 11.3 Å². The fourth-order valence-corrected chi connectivity index (χ4v) is 5.20. The van der Waals surface area contributed by atoms with Crippen LogP contribution in [0.4, 0.5) is 0 Å². The van der Waals surface area contributed by atoms with Crippen LogP contribution in [0, 0.1) is 17.3 Å². The fourth-order valence-electron chi connectivity index (χ4n) is 5.20. The number of nitrogens with zero attached hydrogens (tertiary/aromatic N) is 1. The summed E-state index contributed by atoms with van der Waals surface area (Å²) in [4.78, 5) is 4.15. The van der Waals surface area contributed by atoms with Crippen molar-refractivity contribution in [2.24, 2.45) is 23.0 Å². The van der Waals surface area contributed by atoms with Crippen molar-refractivity contribution in [1.29, 1.82) is 0 Å². The van der Waals surface area contributed by atoms with Gasteiger partial charge in [-0.05, 0) is 67.1 Å². The van der Waals surface area contributed by atoms with Gasteiger partial charge < -0.3 is 5.73 Å². The van der Waals surface area contributed by atoms with E-state index in [1.807, 2.05) is 12.4 Å². The second kappa shape index (κ2) is 4.06. The van der Waals surface area contributed by atoms with E-state index >= 15 is 0 Å². The van der Waals surface area contributed by atoms with Crippen molar-refractivity contribution >= 4 is 0 Å². The van der Waals surface area contributed by atoms with Gasteiger partial charge in [0.05, 0.1) is 0 Å². The quantitative estimate of drug-likeness (QED) is 0.884. The highest BCUT2D eigenvalue weighted by atomic mass is 14.9. The van der Waals surface area contributed by atoms with Crippen molar-refractivity contribution in [2.75, 3.05) is 0 Å². The van der Waals surface area contributed by atoms with Gasteiger partial charge in [-0.25, -0.2) is 0 Å². The molecule has 3 rings (SSSR count). The van der Waals surface area contributed by atoms with Gasteiger partial charge in [-0.1, -0.05) is 13.8 Å². The molecule has 98 valence electrons. The molecule has 2 bridgehead atoms. The lowest BCUT2D eigenvalue weighted by Crippen LogP contribution is -2.56. The molecular formula is C16H24N2. The minimum Gasteiger partial charge on any atom is -0.321 e. The molecule has 2 saturated carbocycles. The molecule has 2 nitrogen and oxygen atoms in total. The van der Waals surface area contributed by atoms with E-state index in [2.05, 4.69) is 31.0 Å². The monoisotopic (exact) mass is 244 g/mol. The van der Waals surface area contributed by atoms with E-state index in [1.165, 1.54) is 37.7 Å². The first-order valence-corrected chi connectivity index (χ1v) is 7.38. The summed E-state index contributed by atoms with van der Waals surface area (Å²) >= 11 is 0. The van der Waals surface area contributed by atoms with Crippen LogP contribution in [-0.2, 0) is 5.54 Å². The van der Waals surface area contributed by atoms with Crippen LogP contribution in [0.3, 0.4) is 0 Å². The normalized spacial score (nSPS) is 37.1. The lowest BCUT2D eigenvalue weighted by molar-refractivity contribution is 0.0354. The molecule has 2 aliphatic rings. The molecule has 1 heterocycles. The second-order valence-electron chi connectivity index (χ2n) is 6.18. The first kappa shape index (κ1) is 12.2. The van der Waals surface area contributed by atoms with Gasteiger partial charge in [-0.2, -0.15) is 0 Å². The number of fused-ring (bicyclic) bond motifs is 2. The summed E-state index contributed by atoms with van der Waals surface area (Å²) in [6.45, 7) is 4.65. The zero-order chi connectivity index (χ0) is 12.8. The fraction of sp³-hybridized carbons (Fsp3) is 0.688. The number of aromatic nitrogens is 1. The van der Waals surface area contributed by atoms with Crippen molar-refractivity contribution in [3.8, 4) is 0 Å². The summed E-state index contributed by atoms with van der Waals surface area (Å²) in [7, 11) is 0. The van der Waals surface area contributed by atoms with Gasteiger partial charge >= 0.3 is 0 Å². The van der Waals surface area contributed by atoms with E-state index in [-0.39, 0.29) is 5.54 Å². The van der Waals surface area contributed by atoms with Gasteiger partial charge in [0, 0.05) is 17.9 Å². The van der Waals surface area contributed by atoms with Crippen molar-refractivity contribution < 1.29 is 0 Å². The Morgan fingerprint density at radius 1 is 1.17 bits per heavy atom. The van der Waals surface area contributed by atoms with E-state index in [4.69, 9.17) is 5.73 Å². The second-order valence-corrected chi connectivity index (χ2v) is 6.18. The van der Waals surface area contributed by atoms with Crippen molar-refractivity contribution in [2.45, 2.75) is 51.5 Å². The molecule has 2 N–H and O–H groups in total. The van der Waals surface area contributed by atoms with Crippen LogP contribution in [0.25, 0.3) is 0 Å². The first-order chi connectivity index (χ1) is 8.69. The highest BCUT2D eigenvalue weighted by Gasteiger charge is 2.64. The smallest absolute Gasteiger partial charge is 0.0498 e. The van der Waals surface area contributed by atoms with Gasteiger partial charge in [0.15, 0.2) is 0 Å². The standard InChI is InChI=1S/C16H24N2/c1-3-15(4-2)13-5-6-14(11-13)16(15,17)12-7-9-18-10-8-12/h7-10,13-14H,3-6,11,17H2,1-2H3/t13-,14?,16+/m0/s1. The molecule has 0 radical (unpaired) electrons. The zero-order valence-corrected chi connectivity index (χ0v) is 11.5. The molecule has 1 aromatic heterocycles. The van der Waals surface area contributed by atoms with Crippen molar-refractivity contribution in [1.82, 2.24) is 4.98 Å². The number of nitrogens with two attached hydrogens (primary N) is 1. The highest BCUT2D eigenvalue weighted by molar-refractivity contribution is 5.32. The molecule has 0 saturated heterocycles. The van der Waals surface area contributed by atoms with E-state index in [1.54, 1.807) is 0 Å². The Morgan fingerprint density at radius 2 is 1.78 bits per heavy atom. The Labute approximate surface area is 110 Å². The minimum atomic E-state index is -0.123. The predicted octanol–water partition coefficient (Wildman–Crippen LogP) is 3.47. The summed E-state index contributed by atoms with van der Waals surface area (Å²) in [6, 6.07) is 4.28. The summed E-state index contributed by atoms with van der Waals surface area (Å²) in [5.74, 6) is 1.50. The number of rotatable bonds is 3. The number of pyridine rings is 1. The summed E-state index contributed by atoms with van der Waals surface area (Å²) in [5, 5.41) is 0. The summed E-state index contributed by atoms with van der Waals surface area (Å²) < 4.78 is 0. The molecule has 3 atom stereocenters. The summed E-state index contributed by atoms with van der Waals surface area (Å²) in [6.07, 6.45) is 10.2. The van der Waals surface area contributed by atoms with Crippen LogP contribution < -0.4 is 5.73 Å². The first-order valence-electron chi connectivity index (χ1n) is 7.38. The molecule has 2 aliphatic carbocycles. The van der Waals surface area contributed by atoms with Crippen molar-refractivity contribution in [3.63, 3.8) is 0 Å². The van der Waals surface area contributed by atoms with E-state index < -0.39 is 0 Å².